The zero-order valence-electron chi connectivity index (χ0n) is 11.0. The van der Waals surface area contributed by atoms with Crippen molar-refractivity contribution in [2.45, 2.75) is 45.8 Å². The summed E-state index contributed by atoms with van der Waals surface area (Å²) in [6.07, 6.45) is 1.97. The lowest BCUT2D eigenvalue weighted by Gasteiger charge is -2.23. The lowest BCUT2D eigenvalue weighted by molar-refractivity contribution is 0.386. The number of nitrogens with one attached hydrogen (secondary N) is 2. The molecule has 1 heterocycles. The van der Waals surface area contributed by atoms with Crippen LogP contribution in [0.25, 0.3) is 0 Å². The normalized spacial score (nSPS) is 14.1. The van der Waals surface area contributed by atoms with E-state index in [-0.39, 0.29) is 5.54 Å². The summed E-state index contributed by atoms with van der Waals surface area (Å²) in [7, 11) is 1.94. The molecule has 4 nitrogen and oxygen atoms in total. The van der Waals surface area contributed by atoms with Gasteiger partial charge in [0.25, 0.3) is 0 Å². The van der Waals surface area contributed by atoms with Crippen molar-refractivity contribution in [1.29, 1.82) is 0 Å². The Hall–Kier alpha value is -0.870. The SMILES string of the molecule is CC(CNC(C)(C)C)NCc1ccn(C)n1. The fourth-order valence-corrected chi connectivity index (χ4v) is 1.37. The predicted molar refractivity (Wildman–Crippen MR) is 67.3 cm³/mol. The van der Waals surface area contributed by atoms with Crippen molar-refractivity contribution in [3.63, 3.8) is 0 Å². The summed E-state index contributed by atoms with van der Waals surface area (Å²) in [5, 5.41) is 11.2. The highest BCUT2D eigenvalue weighted by molar-refractivity contribution is 4.98. The summed E-state index contributed by atoms with van der Waals surface area (Å²) in [5.41, 5.74) is 1.27. The Morgan fingerprint density at radius 2 is 2.12 bits per heavy atom. The van der Waals surface area contributed by atoms with E-state index in [0.29, 0.717) is 6.04 Å². The van der Waals surface area contributed by atoms with Crippen molar-refractivity contribution in [3.8, 4) is 0 Å². The van der Waals surface area contributed by atoms with Crippen molar-refractivity contribution in [3.05, 3.63) is 18.0 Å². The molecule has 4 heteroatoms. The molecule has 2 N–H and O–H groups in total. The molecule has 92 valence electrons. The third kappa shape index (κ3) is 5.28. The lowest BCUT2D eigenvalue weighted by Crippen LogP contribution is -2.44. The van der Waals surface area contributed by atoms with Crippen molar-refractivity contribution >= 4 is 0 Å². The highest BCUT2D eigenvalue weighted by Gasteiger charge is 2.10. The maximum Gasteiger partial charge on any atom is 0.0762 e. The molecule has 0 saturated carbocycles. The predicted octanol–water partition coefficient (Wildman–Crippen LogP) is 1.29. The van der Waals surface area contributed by atoms with Gasteiger partial charge < -0.3 is 10.6 Å². The Bertz CT molecular complexity index is 311. The minimum atomic E-state index is 0.181. The molecule has 0 fully saturated rings. The first kappa shape index (κ1) is 13.2. The van der Waals surface area contributed by atoms with Crippen LogP contribution in [0.4, 0.5) is 0 Å². The van der Waals surface area contributed by atoms with Crippen LogP contribution < -0.4 is 10.6 Å². The van der Waals surface area contributed by atoms with E-state index in [4.69, 9.17) is 0 Å². The van der Waals surface area contributed by atoms with Crippen LogP contribution in [-0.4, -0.2) is 27.9 Å². The summed E-state index contributed by atoms with van der Waals surface area (Å²) in [4.78, 5) is 0. The van der Waals surface area contributed by atoms with Crippen LogP contribution in [0.2, 0.25) is 0 Å². The van der Waals surface area contributed by atoms with Gasteiger partial charge in [-0.15, -0.1) is 0 Å². The average Bonchev–Trinajstić information content (AvgIpc) is 2.57. The zero-order valence-corrected chi connectivity index (χ0v) is 11.0. The van der Waals surface area contributed by atoms with Crippen LogP contribution in [0.1, 0.15) is 33.4 Å². The van der Waals surface area contributed by atoms with E-state index in [9.17, 15) is 0 Å². The number of aryl methyl sites for hydroxylation is 1. The number of rotatable bonds is 5. The summed E-state index contributed by atoms with van der Waals surface area (Å²) in [5.74, 6) is 0. The summed E-state index contributed by atoms with van der Waals surface area (Å²) < 4.78 is 1.83. The minimum absolute atomic E-state index is 0.181. The maximum absolute atomic E-state index is 4.33. The number of hydrogen-bond acceptors (Lipinski definition) is 3. The second-order valence-corrected chi connectivity index (χ2v) is 5.39. The third-order valence-corrected chi connectivity index (χ3v) is 2.34. The van der Waals surface area contributed by atoms with Crippen LogP contribution in [-0.2, 0) is 13.6 Å². The molecular formula is C12H24N4. The number of nitrogens with zero attached hydrogens (tertiary/aromatic N) is 2. The Morgan fingerprint density at radius 3 is 2.62 bits per heavy atom. The van der Waals surface area contributed by atoms with Crippen LogP contribution in [0.5, 0.6) is 0 Å². The standard InChI is InChI=1S/C12H24N4/c1-10(8-14-12(2,3)4)13-9-11-6-7-16(5)15-11/h6-7,10,13-14H,8-9H2,1-5H3. The quantitative estimate of drug-likeness (QED) is 0.792. The fourth-order valence-electron chi connectivity index (χ4n) is 1.37. The van der Waals surface area contributed by atoms with Gasteiger partial charge in [-0.3, -0.25) is 4.68 Å². The summed E-state index contributed by atoms with van der Waals surface area (Å²) in [6.45, 7) is 10.5. The molecule has 0 aliphatic rings. The monoisotopic (exact) mass is 224 g/mol. The van der Waals surface area contributed by atoms with Gasteiger partial charge in [-0.25, -0.2) is 0 Å². The maximum atomic E-state index is 4.33. The zero-order chi connectivity index (χ0) is 12.2. The molecule has 0 saturated heterocycles. The first-order valence-electron chi connectivity index (χ1n) is 5.84. The molecule has 0 amide bonds. The van der Waals surface area contributed by atoms with Gasteiger partial charge in [-0.2, -0.15) is 5.10 Å². The second kappa shape index (κ2) is 5.46. The number of aromatic nitrogens is 2. The molecule has 0 aromatic carbocycles. The van der Waals surface area contributed by atoms with Gasteiger partial charge in [-0.05, 0) is 33.8 Å². The van der Waals surface area contributed by atoms with E-state index in [0.717, 1.165) is 18.8 Å². The largest absolute Gasteiger partial charge is 0.311 e. The van der Waals surface area contributed by atoms with Crippen molar-refractivity contribution < 1.29 is 0 Å². The van der Waals surface area contributed by atoms with Crippen LogP contribution in [0.15, 0.2) is 12.3 Å². The van der Waals surface area contributed by atoms with Crippen LogP contribution >= 0.6 is 0 Å². The first-order valence-corrected chi connectivity index (χ1v) is 5.84. The molecule has 1 atom stereocenters. The Labute approximate surface area is 98.4 Å². The number of hydrogen-bond donors (Lipinski definition) is 2. The van der Waals surface area contributed by atoms with Crippen LogP contribution in [0.3, 0.4) is 0 Å². The molecule has 1 rings (SSSR count). The molecule has 0 aliphatic heterocycles. The molecule has 0 bridgehead atoms. The van der Waals surface area contributed by atoms with Crippen molar-refractivity contribution in [2.75, 3.05) is 6.54 Å². The highest BCUT2D eigenvalue weighted by Crippen LogP contribution is 1.99. The molecule has 1 aromatic rings. The Kier molecular flexibility index (Phi) is 4.50. The van der Waals surface area contributed by atoms with Crippen molar-refractivity contribution in [2.24, 2.45) is 7.05 Å². The van der Waals surface area contributed by atoms with E-state index in [1.165, 1.54) is 0 Å². The van der Waals surface area contributed by atoms with Gasteiger partial charge in [0.1, 0.15) is 0 Å². The fraction of sp³-hybridized carbons (Fsp3) is 0.750. The Balaban J connectivity index is 2.22. The third-order valence-electron chi connectivity index (χ3n) is 2.34. The van der Waals surface area contributed by atoms with E-state index in [2.05, 4.69) is 43.4 Å². The van der Waals surface area contributed by atoms with Gasteiger partial charge in [0.15, 0.2) is 0 Å². The summed E-state index contributed by atoms with van der Waals surface area (Å²) >= 11 is 0. The molecular weight excluding hydrogens is 200 g/mol. The first-order chi connectivity index (χ1) is 7.37. The van der Waals surface area contributed by atoms with E-state index >= 15 is 0 Å². The summed E-state index contributed by atoms with van der Waals surface area (Å²) in [6, 6.07) is 2.48. The molecule has 0 spiro atoms. The second-order valence-electron chi connectivity index (χ2n) is 5.39. The van der Waals surface area contributed by atoms with Crippen molar-refractivity contribution in [1.82, 2.24) is 20.4 Å². The molecule has 16 heavy (non-hydrogen) atoms. The van der Waals surface area contributed by atoms with Gasteiger partial charge in [-0.1, -0.05) is 0 Å². The Morgan fingerprint density at radius 1 is 1.44 bits per heavy atom. The van der Waals surface area contributed by atoms with E-state index in [1.807, 2.05) is 24.0 Å². The van der Waals surface area contributed by atoms with Gasteiger partial charge >= 0.3 is 0 Å². The highest BCUT2D eigenvalue weighted by atomic mass is 15.3. The topological polar surface area (TPSA) is 41.9 Å². The van der Waals surface area contributed by atoms with Gasteiger partial charge in [0, 0.05) is 37.9 Å². The molecule has 0 aliphatic carbocycles. The molecule has 1 unspecified atom stereocenters. The average molecular weight is 224 g/mol. The molecule has 1 aromatic heterocycles. The van der Waals surface area contributed by atoms with E-state index < -0.39 is 0 Å². The lowest BCUT2D eigenvalue weighted by atomic mass is 10.1. The van der Waals surface area contributed by atoms with E-state index in [1.54, 1.807) is 0 Å². The minimum Gasteiger partial charge on any atom is -0.311 e. The van der Waals surface area contributed by atoms with Gasteiger partial charge in [0.05, 0.1) is 5.69 Å². The molecule has 0 radical (unpaired) electrons. The smallest absolute Gasteiger partial charge is 0.0762 e. The van der Waals surface area contributed by atoms with Gasteiger partial charge in [0.2, 0.25) is 0 Å². The van der Waals surface area contributed by atoms with Crippen LogP contribution in [0, 0.1) is 0 Å².